The lowest BCUT2D eigenvalue weighted by Gasteiger charge is -2.16. The van der Waals surface area contributed by atoms with Crippen LogP contribution < -0.4 is 15.6 Å². The van der Waals surface area contributed by atoms with Crippen molar-refractivity contribution in [2.24, 2.45) is 0 Å². The van der Waals surface area contributed by atoms with Gasteiger partial charge in [0.25, 0.3) is 5.56 Å². The zero-order chi connectivity index (χ0) is 21.0. The molecule has 0 spiro atoms. The first kappa shape index (κ1) is 20.4. The first-order chi connectivity index (χ1) is 13.7. The lowest BCUT2D eigenvalue weighted by atomic mass is 10.1. The third kappa shape index (κ3) is 5.56. The molecule has 152 valence electrons. The summed E-state index contributed by atoms with van der Waals surface area (Å²) in [6.45, 7) is 3.78. The van der Waals surface area contributed by atoms with Gasteiger partial charge in [0.1, 0.15) is 17.4 Å². The van der Waals surface area contributed by atoms with Gasteiger partial charge in [0.05, 0.1) is 0 Å². The van der Waals surface area contributed by atoms with Crippen LogP contribution in [-0.2, 0) is 6.42 Å². The molecule has 0 aliphatic carbocycles. The van der Waals surface area contributed by atoms with Crippen molar-refractivity contribution in [3.8, 4) is 17.1 Å². The summed E-state index contributed by atoms with van der Waals surface area (Å²) in [7, 11) is 0. The largest absolute Gasteiger partial charge is 0.573 e. The molecule has 0 aliphatic rings. The number of hydrogen-bond donors (Lipinski definition) is 2. The Morgan fingerprint density at radius 3 is 2.48 bits per heavy atom. The molecule has 0 saturated carbocycles. The lowest BCUT2D eigenvalue weighted by molar-refractivity contribution is -0.274. The van der Waals surface area contributed by atoms with Gasteiger partial charge in [-0.3, -0.25) is 4.79 Å². The second-order valence-corrected chi connectivity index (χ2v) is 6.35. The van der Waals surface area contributed by atoms with Crippen molar-refractivity contribution < 1.29 is 17.9 Å². The molecule has 0 amide bonds. The first-order valence-electron chi connectivity index (χ1n) is 8.92. The van der Waals surface area contributed by atoms with Crippen molar-refractivity contribution in [2.75, 3.05) is 5.32 Å². The van der Waals surface area contributed by atoms with Crippen LogP contribution in [0.4, 0.5) is 19.0 Å². The molecule has 6 nitrogen and oxygen atoms in total. The summed E-state index contributed by atoms with van der Waals surface area (Å²) in [6.07, 6.45) is -2.48. The first-order valence-corrected chi connectivity index (χ1v) is 8.92. The number of hydrogen-bond acceptors (Lipinski definition) is 5. The normalized spacial score (nSPS) is 12.4. The molecule has 9 heteroatoms. The molecule has 0 radical (unpaired) electrons. The molecule has 0 fully saturated rings. The fraction of sp³-hybridized carbons (Fsp3) is 0.250. The van der Waals surface area contributed by atoms with Crippen molar-refractivity contribution in [1.29, 1.82) is 0 Å². The zero-order valence-corrected chi connectivity index (χ0v) is 15.7. The molecule has 1 atom stereocenters. The monoisotopic (exact) mass is 404 g/mol. The van der Waals surface area contributed by atoms with Crippen LogP contribution in [0.2, 0.25) is 0 Å². The molecule has 0 aliphatic heterocycles. The van der Waals surface area contributed by atoms with Gasteiger partial charge >= 0.3 is 6.36 Å². The molecule has 0 unspecified atom stereocenters. The maximum atomic E-state index is 12.2. The van der Waals surface area contributed by atoms with Crippen LogP contribution in [0.25, 0.3) is 11.4 Å². The van der Waals surface area contributed by atoms with Crippen LogP contribution in [0.1, 0.15) is 31.1 Å². The molecule has 2 N–H and O–H groups in total. The number of ether oxygens (including phenoxy) is 1. The van der Waals surface area contributed by atoms with Crippen LogP contribution in [0.15, 0.2) is 53.5 Å². The Bertz CT molecular complexity index is 1020. The number of aromatic nitrogens is 3. The van der Waals surface area contributed by atoms with Crippen molar-refractivity contribution in [3.63, 3.8) is 0 Å². The maximum Gasteiger partial charge on any atom is 0.573 e. The summed E-state index contributed by atoms with van der Waals surface area (Å²) in [4.78, 5) is 23.1. The van der Waals surface area contributed by atoms with E-state index in [1.54, 1.807) is 30.5 Å². The van der Waals surface area contributed by atoms with E-state index in [-0.39, 0.29) is 17.4 Å². The number of nitrogens with zero attached hydrogens (tertiary/aromatic N) is 2. The number of halogens is 3. The standard InChI is InChI=1S/C20H19F3N4O2/c1-3-15-10-18(28)27-19(26-15)14-6-9-17(24-11-14)25-12(2)13-4-7-16(8-5-13)29-20(21,22)23/h4-12H,3H2,1-2H3,(H,24,25)(H,26,27,28)/t12-/m0/s1. The van der Waals surface area contributed by atoms with Gasteiger partial charge in [-0.05, 0) is 43.2 Å². The van der Waals surface area contributed by atoms with Gasteiger partial charge in [0, 0.05) is 29.6 Å². The predicted octanol–water partition coefficient (Wildman–Crippen LogP) is 4.47. The minimum absolute atomic E-state index is 0.199. The van der Waals surface area contributed by atoms with Crippen LogP contribution in [-0.4, -0.2) is 21.3 Å². The van der Waals surface area contributed by atoms with E-state index in [0.717, 1.165) is 5.56 Å². The van der Waals surface area contributed by atoms with E-state index in [1.165, 1.54) is 18.2 Å². The van der Waals surface area contributed by atoms with Gasteiger partial charge in [0.2, 0.25) is 0 Å². The predicted molar refractivity (Wildman–Crippen MR) is 103 cm³/mol. The Kier molecular flexibility index (Phi) is 5.86. The third-order valence-electron chi connectivity index (χ3n) is 4.17. The minimum atomic E-state index is -4.72. The number of aryl methyl sites for hydroxylation is 1. The number of aromatic amines is 1. The minimum Gasteiger partial charge on any atom is -0.406 e. The molecule has 3 aromatic rings. The SMILES string of the molecule is CCc1cc(=O)[nH]c(-c2ccc(N[C@@H](C)c3ccc(OC(F)(F)F)cc3)nc2)n1. The quantitative estimate of drug-likeness (QED) is 0.634. The van der Waals surface area contributed by atoms with Gasteiger partial charge in [-0.15, -0.1) is 13.2 Å². The number of rotatable bonds is 6. The Morgan fingerprint density at radius 1 is 1.17 bits per heavy atom. The summed E-state index contributed by atoms with van der Waals surface area (Å²) in [5.74, 6) is 0.749. The second-order valence-electron chi connectivity index (χ2n) is 6.35. The Labute approximate surface area is 164 Å². The zero-order valence-electron chi connectivity index (χ0n) is 15.7. The molecule has 0 saturated heterocycles. The highest BCUT2D eigenvalue weighted by atomic mass is 19.4. The van der Waals surface area contributed by atoms with Gasteiger partial charge < -0.3 is 15.0 Å². The highest BCUT2D eigenvalue weighted by Gasteiger charge is 2.31. The summed E-state index contributed by atoms with van der Waals surface area (Å²) in [5, 5.41) is 3.17. The fourth-order valence-electron chi connectivity index (χ4n) is 2.71. The number of anilines is 1. The average molecular weight is 404 g/mol. The Morgan fingerprint density at radius 2 is 1.90 bits per heavy atom. The van der Waals surface area contributed by atoms with Crippen LogP contribution in [0.5, 0.6) is 5.75 Å². The van der Waals surface area contributed by atoms with E-state index in [1.807, 2.05) is 13.8 Å². The van der Waals surface area contributed by atoms with Gasteiger partial charge in [-0.2, -0.15) is 0 Å². The second kappa shape index (κ2) is 8.34. The number of benzene rings is 1. The summed E-state index contributed by atoms with van der Waals surface area (Å²) in [6, 6.07) is 10.4. The summed E-state index contributed by atoms with van der Waals surface area (Å²) < 4.78 is 40.6. The van der Waals surface area contributed by atoms with Crippen molar-refractivity contribution >= 4 is 5.82 Å². The van der Waals surface area contributed by atoms with Crippen LogP contribution in [0.3, 0.4) is 0 Å². The molecule has 2 heterocycles. The third-order valence-corrected chi connectivity index (χ3v) is 4.17. The van der Waals surface area contributed by atoms with E-state index < -0.39 is 6.36 Å². The summed E-state index contributed by atoms with van der Waals surface area (Å²) >= 11 is 0. The Hall–Kier alpha value is -3.36. The van der Waals surface area contributed by atoms with Crippen LogP contribution in [0, 0.1) is 0 Å². The molecular weight excluding hydrogens is 385 g/mol. The molecule has 3 rings (SSSR count). The lowest BCUT2D eigenvalue weighted by Crippen LogP contribution is -2.17. The van der Waals surface area contributed by atoms with Gasteiger partial charge in [-0.25, -0.2) is 9.97 Å². The van der Waals surface area contributed by atoms with Crippen molar-refractivity contribution in [3.05, 3.63) is 70.3 Å². The van der Waals surface area contributed by atoms with E-state index in [4.69, 9.17) is 0 Å². The maximum absolute atomic E-state index is 12.2. The van der Waals surface area contributed by atoms with E-state index in [2.05, 4.69) is 25.0 Å². The number of H-pyrrole nitrogens is 1. The van der Waals surface area contributed by atoms with Crippen molar-refractivity contribution in [2.45, 2.75) is 32.7 Å². The fourth-order valence-corrected chi connectivity index (χ4v) is 2.71. The highest BCUT2D eigenvalue weighted by molar-refractivity contribution is 5.56. The van der Waals surface area contributed by atoms with Gasteiger partial charge in [-0.1, -0.05) is 19.1 Å². The number of pyridine rings is 1. The van der Waals surface area contributed by atoms with Crippen molar-refractivity contribution in [1.82, 2.24) is 15.0 Å². The average Bonchev–Trinajstić information content (AvgIpc) is 2.67. The molecule has 2 aromatic heterocycles. The van der Waals surface area contributed by atoms with Crippen LogP contribution >= 0.6 is 0 Å². The number of alkyl halides is 3. The van der Waals surface area contributed by atoms with Gasteiger partial charge in [0.15, 0.2) is 0 Å². The Balaban J connectivity index is 1.69. The molecule has 0 bridgehead atoms. The topological polar surface area (TPSA) is 79.9 Å². The highest BCUT2D eigenvalue weighted by Crippen LogP contribution is 2.25. The summed E-state index contributed by atoms with van der Waals surface area (Å²) in [5.41, 5.74) is 1.91. The molecule has 1 aromatic carbocycles. The molecule has 29 heavy (non-hydrogen) atoms. The van der Waals surface area contributed by atoms with E-state index >= 15 is 0 Å². The molecular formula is C20H19F3N4O2. The number of nitrogens with one attached hydrogen (secondary N) is 2. The van der Waals surface area contributed by atoms with E-state index in [0.29, 0.717) is 29.3 Å². The smallest absolute Gasteiger partial charge is 0.406 e. The van der Waals surface area contributed by atoms with E-state index in [9.17, 15) is 18.0 Å².